The predicted molar refractivity (Wildman–Crippen MR) is 60.4 cm³/mol. The van der Waals surface area contributed by atoms with Crippen molar-refractivity contribution in [2.75, 3.05) is 13.1 Å². The van der Waals surface area contributed by atoms with Crippen LogP contribution in [0.15, 0.2) is 0 Å². The van der Waals surface area contributed by atoms with Gasteiger partial charge in [0.15, 0.2) is 0 Å². The molecule has 1 amide bonds. The smallest absolute Gasteiger partial charge is 0.307 e. The van der Waals surface area contributed by atoms with Crippen LogP contribution in [-0.2, 0) is 9.59 Å². The summed E-state index contributed by atoms with van der Waals surface area (Å²) in [5, 5.41) is 11.8. The quantitative estimate of drug-likeness (QED) is 0.726. The Labute approximate surface area is 100 Å². The van der Waals surface area contributed by atoms with Crippen molar-refractivity contribution < 1.29 is 14.7 Å². The Morgan fingerprint density at radius 1 is 1.18 bits per heavy atom. The summed E-state index contributed by atoms with van der Waals surface area (Å²) < 4.78 is 0. The van der Waals surface area contributed by atoms with E-state index in [2.05, 4.69) is 10.2 Å². The van der Waals surface area contributed by atoms with Crippen molar-refractivity contribution in [2.45, 2.75) is 37.8 Å². The van der Waals surface area contributed by atoms with Gasteiger partial charge in [0.1, 0.15) is 0 Å². The van der Waals surface area contributed by atoms with Crippen molar-refractivity contribution in [3.63, 3.8) is 0 Å². The van der Waals surface area contributed by atoms with Gasteiger partial charge in [-0.3, -0.25) is 14.5 Å². The summed E-state index contributed by atoms with van der Waals surface area (Å²) in [6.45, 7) is 2.02. The Morgan fingerprint density at radius 3 is 2.53 bits per heavy atom. The first-order valence-electron chi connectivity index (χ1n) is 6.42. The van der Waals surface area contributed by atoms with E-state index in [-0.39, 0.29) is 17.9 Å². The summed E-state index contributed by atoms with van der Waals surface area (Å²) >= 11 is 0. The molecular weight excluding hydrogens is 220 g/mol. The maximum Gasteiger partial charge on any atom is 0.307 e. The first kappa shape index (κ1) is 11.0. The van der Waals surface area contributed by atoms with Gasteiger partial charge >= 0.3 is 5.97 Å². The molecule has 1 unspecified atom stereocenters. The molecule has 2 saturated carbocycles. The Balaban J connectivity index is 1.45. The van der Waals surface area contributed by atoms with E-state index in [0.717, 1.165) is 25.6 Å². The second kappa shape index (κ2) is 3.98. The molecule has 5 heteroatoms. The third kappa shape index (κ3) is 2.29. The normalized spacial score (nSPS) is 36.8. The molecule has 0 aromatic carbocycles. The van der Waals surface area contributed by atoms with Gasteiger partial charge in [0, 0.05) is 25.2 Å². The highest BCUT2D eigenvalue weighted by molar-refractivity contribution is 5.89. The number of likely N-dealkylation sites (tertiary alicyclic amines) is 1. The molecule has 0 aromatic heterocycles. The highest BCUT2D eigenvalue weighted by Crippen LogP contribution is 2.39. The van der Waals surface area contributed by atoms with Crippen LogP contribution in [0, 0.1) is 11.8 Å². The maximum absolute atomic E-state index is 11.8. The average molecular weight is 238 g/mol. The number of hydrogen-bond donors (Lipinski definition) is 2. The molecule has 1 heterocycles. The van der Waals surface area contributed by atoms with E-state index in [1.807, 2.05) is 0 Å². The minimum atomic E-state index is -0.837. The Hall–Kier alpha value is -1.10. The van der Waals surface area contributed by atoms with Crippen molar-refractivity contribution in [2.24, 2.45) is 11.8 Å². The van der Waals surface area contributed by atoms with Gasteiger partial charge < -0.3 is 10.4 Å². The Morgan fingerprint density at radius 2 is 1.94 bits per heavy atom. The van der Waals surface area contributed by atoms with Gasteiger partial charge in [0.05, 0.1) is 11.8 Å². The first-order valence-corrected chi connectivity index (χ1v) is 6.42. The topological polar surface area (TPSA) is 69.6 Å². The molecule has 0 radical (unpaired) electrons. The van der Waals surface area contributed by atoms with Crippen molar-refractivity contribution in [3.8, 4) is 0 Å². The number of aliphatic carboxylic acids is 1. The lowest BCUT2D eigenvalue weighted by Crippen LogP contribution is -2.38. The minimum Gasteiger partial charge on any atom is -0.481 e. The van der Waals surface area contributed by atoms with Gasteiger partial charge in [-0.2, -0.15) is 0 Å². The lowest BCUT2D eigenvalue weighted by molar-refractivity contribution is -0.140. The standard InChI is InChI=1S/C12H18N2O3/c15-11(9-5-10(9)12(16)17)13-7-3-4-14(6-7)8-1-2-8/h7-10H,1-6H2,(H,13,15)(H,16,17)/t7?,9-,10+/m1/s1. The van der Waals surface area contributed by atoms with E-state index in [0.29, 0.717) is 6.42 Å². The molecule has 3 rings (SSSR count). The lowest BCUT2D eigenvalue weighted by atomic mass is 10.2. The average Bonchev–Trinajstić information content (AvgIpc) is 3.17. The molecule has 1 aliphatic heterocycles. The van der Waals surface area contributed by atoms with Crippen LogP contribution in [0.25, 0.3) is 0 Å². The second-order valence-corrected chi connectivity index (χ2v) is 5.51. The summed E-state index contributed by atoms with van der Waals surface area (Å²) in [6, 6.07) is 0.989. The van der Waals surface area contributed by atoms with Crippen LogP contribution in [0.3, 0.4) is 0 Å². The Bertz CT molecular complexity index is 354. The first-order chi connectivity index (χ1) is 8.15. The van der Waals surface area contributed by atoms with Crippen molar-refractivity contribution in [3.05, 3.63) is 0 Å². The SMILES string of the molecule is O=C(O)[C@H]1C[C@H]1C(=O)NC1CCN(C2CC2)C1. The molecule has 2 aliphatic carbocycles. The number of rotatable bonds is 4. The molecule has 3 aliphatic rings. The molecule has 94 valence electrons. The molecule has 17 heavy (non-hydrogen) atoms. The third-order valence-corrected chi connectivity index (χ3v) is 4.07. The number of carboxylic acids is 1. The van der Waals surface area contributed by atoms with Gasteiger partial charge in [-0.05, 0) is 25.7 Å². The van der Waals surface area contributed by atoms with E-state index in [9.17, 15) is 9.59 Å². The molecule has 2 N–H and O–H groups in total. The van der Waals surface area contributed by atoms with Crippen LogP contribution in [0.5, 0.6) is 0 Å². The van der Waals surface area contributed by atoms with Crippen LogP contribution >= 0.6 is 0 Å². The molecule has 0 spiro atoms. The zero-order valence-electron chi connectivity index (χ0n) is 9.76. The van der Waals surface area contributed by atoms with Crippen molar-refractivity contribution in [1.29, 1.82) is 0 Å². The largest absolute Gasteiger partial charge is 0.481 e. The number of carbonyl (C=O) groups excluding carboxylic acids is 1. The lowest BCUT2D eigenvalue weighted by Gasteiger charge is -2.15. The van der Waals surface area contributed by atoms with E-state index >= 15 is 0 Å². The van der Waals surface area contributed by atoms with E-state index in [1.54, 1.807) is 0 Å². The molecule has 3 atom stereocenters. The fourth-order valence-corrected chi connectivity index (χ4v) is 2.74. The second-order valence-electron chi connectivity index (χ2n) is 5.51. The number of carboxylic acid groups (broad SMARTS) is 1. The molecule has 0 bridgehead atoms. The van der Waals surface area contributed by atoms with Gasteiger partial charge in [0.2, 0.25) is 5.91 Å². The predicted octanol–water partition coefficient (Wildman–Crippen LogP) is 0.0600. The summed E-state index contributed by atoms with van der Waals surface area (Å²) in [5.41, 5.74) is 0. The summed E-state index contributed by atoms with van der Waals surface area (Å²) in [4.78, 5) is 24.9. The number of amides is 1. The van der Waals surface area contributed by atoms with Gasteiger partial charge in [-0.1, -0.05) is 0 Å². The molecular formula is C12H18N2O3. The zero-order valence-corrected chi connectivity index (χ0v) is 9.76. The fourth-order valence-electron chi connectivity index (χ4n) is 2.74. The van der Waals surface area contributed by atoms with E-state index in [1.165, 1.54) is 12.8 Å². The minimum absolute atomic E-state index is 0.0555. The summed E-state index contributed by atoms with van der Waals surface area (Å²) in [7, 11) is 0. The molecule has 3 fully saturated rings. The van der Waals surface area contributed by atoms with Crippen LogP contribution in [0.1, 0.15) is 25.7 Å². The third-order valence-electron chi connectivity index (χ3n) is 4.07. The van der Waals surface area contributed by atoms with E-state index in [4.69, 9.17) is 5.11 Å². The molecule has 1 saturated heterocycles. The fraction of sp³-hybridized carbons (Fsp3) is 0.833. The summed E-state index contributed by atoms with van der Waals surface area (Å²) in [6.07, 6.45) is 4.11. The highest BCUT2D eigenvalue weighted by atomic mass is 16.4. The number of carbonyl (C=O) groups is 2. The monoisotopic (exact) mass is 238 g/mol. The van der Waals surface area contributed by atoms with Crippen LogP contribution in [0.2, 0.25) is 0 Å². The molecule has 5 nitrogen and oxygen atoms in total. The molecule has 0 aromatic rings. The highest BCUT2D eigenvalue weighted by Gasteiger charge is 2.49. The zero-order chi connectivity index (χ0) is 12.0. The van der Waals surface area contributed by atoms with Gasteiger partial charge in [-0.25, -0.2) is 0 Å². The van der Waals surface area contributed by atoms with E-state index < -0.39 is 11.9 Å². The van der Waals surface area contributed by atoms with Crippen molar-refractivity contribution >= 4 is 11.9 Å². The maximum atomic E-state index is 11.8. The van der Waals surface area contributed by atoms with Crippen LogP contribution < -0.4 is 5.32 Å². The number of nitrogens with zero attached hydrogens (tertiary/aromatic N) is 1. The van der Waals surface area contributed by atoms with Crippen molar-refractivity contribution in [1.82, 2.24) is 10.2 Å². The number of hydrogen-bond acceptors (Lipinski definition) is 3. The van der Waals surface area contributed by atoms with Crippen LogP contribution in [-0.4, -0.2) is 47.1 Å². The number of nitrogens with one attached hydrogen (secondary N) is 1. The summed E-state index contributed by atoms with van der Waals surface area (Å²) in [5.74, 6) is -1.60. The van der Waals surface area contributed by atoms with Crippen LogP contribution in [0.4, 0.5) is 0 Å². The Kier molecular flexibility index (Phi) is 2.58. The van der Waals surface area contributed by atoms with Gasteiger partial charge in [-0.15, -0.1) is 0 Å². The van der Waals surface area contributed by atoms with Gasteiger partial charge in [0.25, 0.3) is 0 Å².